The predicted octanol–water partition coefficient (Wildman–Crippen LogP) is 0.0169. The van der Waals surface area contributed by atoms with Gasteiger partial charge in [-0.15, -0.1) is 0 Å². The number of para-hydroxylation sites is 1. The Morgan fingerprint density at radius 2 is 1.82 bits per heavy atom. The molecule has 0 aliphatic carbocycles. The smallest absolute Gasteiger partial charge is 0.258 e. The van der Waals surface area contributed by atoms with Crippen molar-refractivity contribution in [2.75, 3.05) is 37.7 Å². The van der Waals surface area contributed by atoms with Crippen LogP contribution < -0.4 is 4.90 Å². The van der Waals surface area contributed by atoms with E-state index in [1.807, 2.05) is 53.8 Å². The molecule has 0 spiro atoms. The van der Waals surface area contributed by atoms with E-state index in [1.165, 1.54) is 4.90 Å². The van der Waals surface area contributed by atoms with Crippen LogP contribution in [0.1, 0.15) is 28.2 Å². The molecule has 1 aromatic heterocycles. The molecule has 2 saturated heterocycles. The first-order chi connectivity index (χ1) is 13.4. The summed E-state index contributed by atoms with van der Waals surface area (Å²) in [6.45, 7) is 6.73. The Kier molecular flexibility index (Phi) is 5.01. The monoisotopic (exact) mass is 403 g/mol. The molecule has 0 bridgehead atoms. The van der Waals surface area contributed by atoms with Crippen LogP contribution in [0.4, 0.5) is 0 Å². The Morgan fingerprint density at radius 3 is 2.43 bits per heavy atom. The maximum Gasteiger partial charge on any atom is 0.258 e. The van der Waals surface area contributed by atoms with Gasteiger partial charge in [0, 0.05) is 6.42 Å². The predicted molar refractivity (Wildman–Crippen MR) is 107 cm³/mol. The molecule has 2 aliphatic rings. The van der Waals surface area contributed by atoms with E-state index in [2.05, 4.69) is 5.10 Å². The number of benzene rings is 1. The number of amides is 1. The zero-order chi connectivity index (χ0) is 19.9. The lowest BCUT2D eigenvalue weighted by Gasteiger charge is -2.35. The average molecular weight is 404 g/mol. The minimum Gasteiger partial charge on any atom is -0.329 e. The summed E-state index contributed by atoms with van der Waals surface area (Å²) in [5, 5.41) is 4.59. The van der Waals surface area contributed by atoms with Crippen molar-refractivity contribution in [1.82, 2.24) is 14.7 Å². The summed E-state index contributed by atoms with van der Waals surface area (Å²) >= 11 is 0. The minimum absolute atomic E-state index is 0.0234. The number of hydrogen-bond donors (Lipinski definition) is 1. The average Bonchev–Trinajstić information content (AvgIpc) is 3.20. The summed E-state index contributed by atoms with van der Waals surface area (Å²) in [5.41, 5.74) is 3.21. The number of carbonyl (C=O) groups excluding carboxylic acids is 1. The highest BCUT2D eigenvalue weighted by atomic mass is 32.2. The highest BCUT2D eigenvalue weighted by Crippen LogP contribution is 2.20. The number of nitrogens with one attached hydrogen (secondary N) is 1. The Morgan fingerprint density at radius 1 is 1.14 bits per heavy atom. The molecule has 4 rings (SSSR count). The second-order valence-electron chi connectivity index (χ2n) is 7.84. The molecular weight excluding hydrogens is 376 g/mol. The number of nitrogens with zero attached hydrogens (tertiary/aromatic N) is 3. The minimum atomic E-state index is -2.86. The lowest BCUT2D eigenvalue weighted by molar-refractivity contribution is -0.925. The number of sulfone groups is 1. The second kappa shape index (κ2) is 7.33. The molecule has 0 saturated carbocycles. The molecule has 28 heavy (non-hydrogen) atoms. The van der Waals surface area contributed by atoms with E-state index < -0.39 is 9.84 Å². The van der Waals surface area contributed by atoms with Gasteiger partial charge in [0.2, 0.25) is 0 Å². The molecule has 1 N–H and O–H groups in total. The lowest BCUT2D eigenvalue weighted by atomic mass is 10.1. The van der Waals surface area contributed by atoms with Crippen LogP contribution in [0.25, 0.3) is 5.69 Å². The fourth-order valence-corrected chi connectivity index (χ4v) is 6.28. The third-order valence-electron chi connectivity index (χ3n) is 6.01. The van der Waals surface area contributed by atoms with Gasteiger partial charge in [0.15, 0.2) is 9.84 Å². The van der Waals surface area contributed by atoms with Gasteiger partial charge < -0.3 is 9.80 Å². The molecule has 0 unspecified atom stereocenters. The van der Waals surface area contributed by atoms with Crippen LogP contribution in [0.15, 0.2) is 30.3 Å². The molecule has 2 aromatic rings. The van der Waals surface area contributed by atoms with Gasteiger partial charge in [-0.25, -0.2) is 13.1 Å². The number of rotatable bonds is 3. The number of carbonyl (C=O) groups is 1. The molecule has 1 atom stereocenters. The second-order valence-corrected chi connectivity index (χ2v) is 10.1. The van der Waals surface area contributed by atoms with Crippen molar-refractivity contribution in [3.05, 3.63) is 47.3 Å². The molecule has 0 radical (unpaired) electrons. The molecule has 7 nitrogen and oxygen atoms in total. The van der Waals surface area contributed by atoms with E-state index in [0.29, 0.717) is 30.2 Å². The Labute approximate surface area is 165 Å². The molecular formula is C20H27N4O3S+. The van der Waals surface area contributed by atoms with E-state index in [-0.39, 0.29) is 11.9 Å². The number of aryl methyl sites for hydroxylation is 1. The van der Waals surface area contributed by atoms with Crippen LogP contribution in [0, 0.1) is 13.8 Å². The molecule has 2 aliphatic heterocycles. The fourth-order valence-electron chi connectivity index (χ4n) is 4.45. The van der Waals surface area contributed by atoms with Crippen LogP contribution in [0.3, 0.4) is 0 Å². The van der Waals surface area contributed by atoms with Crippen molar-refractivity contribution in [1.29, 1.82) is 0 Å². The zero-order valence-electron chi connectivity index (χ0n) is 16.4. The Bertz CT molecular complexity index is 976. The summed E-state index contributed by atoms with van der Waals surface area (Å²) in [4.78, 5) is 16.4. The van der Waals surface area contributed by atoms with E-state index >= 15 is 0 Å². The summed E-state index contributed by atoms with van der Waals surface area (Å²) in [6.07, 6.45) is 0.744. The summed E-state index contributed by atoms with van der Waals surface area (Å²) < 4.78 is 25.3. The molecule has 3 heterocycles. The first-order valence-corrected chi connectivity index (χ1v) is 11.6. The topological polar surface area (TPSA) is 76.7 Å². The van der Waals surface area contributed by atoms with Gasteiger partial charge in [0.05, 0.1) is 54.6 Å². The third kappa shape index (κ3) is 3.58. The molecule has 1 amide bonds. The van der Waals surface area contributed by atoms with E-state index in [0.717, 1.165) is 36.6 Å². The van der Waals surface area contributed by atoms with Crippen LogP contribution >= 0.6 is 0 Å². The van der Waals surface area contributed by atoms with Crippen molar-refractivity contribution in [2.45, 2.75) is 26.3 Å². The van der Waals surface area contributed by atoms with Crippen molar-refractivity contribution in [3.8, 4) is 5.69 Å². The van der Waals surface area contributed by atoms with Crippen LogP contribution in [-0.2, 0) is 9.84 Å². The SMILES string of the molecule is Cc1nn(-c2ccccc2)c(C)c1C(=O)N1CC[NH+]([C@@H]2CCS(=O)(=O)C2)CC1. The highest BCUT2D eigenvalue weighted by Gasteiger charge is 2.38. The largest absolute Gasteiger partial charge is 0.329 e. The maximum absolute atomic E-state index is 13.2. The van der Waals surface area contributed by atoms with Crippen molar-refractivity contribution in [3.63, 3.8) is 0 Å². The number of quaternary nitrogens is 1. The lowest BCUT2D eigenvalue weighted by Crippen LogP contribution is -3.18. The van der Waals surface area contributed by atoms with E-state index in [1.54, 1.807) is 0 Å². The van der Waals surface area contributed by atoms with E-state index in [4.69, 9.17) is 0 Å². The zero-order valence-corrected chi connectivity index (χ0v) is 17.2. The normalized spacial score (nSPS) is 22.5. The van der Waals surface area contributed by atoms with Gasteiger partial charge in [0.25, 0.3) is 5.91 Å². The third-order valence-corrected chi connectivity index (χ3v) is 7.78. The summed E-state index contributed by atoms with van der Waals surface area (Å²) in [6, 6.07) is 10.0. The van der Waals surface area contributed by atoms with Crippen LogP contribution in [-0.4, -0.2) is 72.7 Å². The van der Waals surface area contributed by atoms with Crippen molar-refractivity contribution in [2.24, 2.45) is 0 Å². The molecule has 1 aromatic carbocycles. The Hall–Kier alpha value is -2.19. The number of hydrogen-bond acceptors (Lipinski definition) is 4. The standard InChI is InChI=1S/C20H26N4O3S/c1-15-19(16(2)24(21-15)17-6-4-3-5-7-17)20(25)23-11-9-22(10-12-23)18-8-13-28(26,27)14-18/h3-7,18H,8-14H2,1-2H3/p+1/t18-/m1/s1. The Balaban J connectivity index is 1.47. The summed E-state index contributed by atoms with van der Waals surface area (Å²) in [7, 11) is -2.86. The number of piperazine rings is 1. The first kappa shape index (κ1) is 19.1. The first-order valence-electron chi connectivity index (χ1n) is 9.81. The van der Waals surface area contributed by atoms with Crippen LogP contribution in [0.5, 0.6) is 0 Å². The molecule has 150 valence electrons. The van der Waals surface area contributed by atoms with Crippen LogP contribution in [0.2, 0.25) is 0 Å². The van der Waals surface area contributed by atoms with E-state index in [9.17, 15) is 13.2 Å². The quantitative estimate of drug-likeness (QED) is 0.784. The van der Waals surface area contributed by atoms with Gasteiger partial charge in [-0.05, 0) is 26.0 Å². The maximum atomic E-state index is 13.2. The summed E-state index contributed by atoms with van der Waals surface area (Å²) in [5.74, 6) is 0.620. The van der Waals surface area contributed by atoms with Crippen molar-refractivity contribution < 1.29 is 18.1 Å². The van der Waals surface area contributed by atoms with Gasteiger partial charge >= 0.3 is 0 Å². The highest BCUT2D eigenvalue weighted by molar-refractivity contribution is 7.91. The van der Waals surface area contributed by atoms with Gasteiger partial charge in [-0.2, -0.15) is 5.10 Å². The van der Waals surface area contributed by atoms with Gasteiger partial charge in [0.1, 0.15) is 11.8 Å². The fraction of sp³-hybridized carbons (Fsp3) is 0.500. The van der Waals surface area contributed by atoms with Gasteiger partial charge in [-0.3, -0.25) is 4.79 Å². The number of aromatic nitrogens is 2. The van der Waals surface area contributed by atoms with Gasteiger partial charge in [-0.1, -0.05) is 18.2 Å². The molecule has 2 fully saturated rings. The van der Waals surface area contributed by atoms with Crippen molar-refractivity contribution >= 4 is 15.7 Å². The molecule has 8 heteroatoms.